The second-order valence-corrected chi connectivity index (χ2v) is 4.66. The van der Waals surface area contributed by atoms with E-state index in [4.69, 9.17) is 9.15 Å². The highest BCUT2D eigenvalue weighted by molar-refractivity contribution is 5.28. The molecule has 1 heterocycles. The molecule has 0 aliphatic carbocycles. The van der Waals surface area contributed by atoms with E-state index in [0.29, 0.717) is 6.04 Å². The summed E-state index contributed by atoms with van der Waals surface area (Å²) in [6, 6.07) is 10.6. The molecule has 2 aromatic rings. The molecule has 0 radical (unpaired) electrons. The van der Waals surface area contributed by atoms with E-state index in [1.54, 1.807) is 13.4 Å². The van der Waals surface area contributed by atoms with Crippen LogP contribution in [0.3, 0.4) is 0 Å². The Balaban J connectivity index is 1.98. The number of nitrogens with one attached hydrogen (secondary N) is 1. The minimum absolute atomic E-state index is 0.334. The van der Waals surface area contributed by atoms with Gasteiger partial charge in [-0.2, -0.15) is 0 Å². The predicted molar refractivity (Wildman–Crippen MR) is 76.6 cm³/mol. The Labute approximate surface area is 114 Å². The summed E-state index contributed by atoms with van der Waals surface area (Å²) in [4.78, 5) is 0. The topological polar surface area (TPSA) is 34.4 Å². The predicted octanol–water partition coefficient (Wildman–Crippen LogP) is 3.49. The summed E-state index contributed by atoms with van der Waals surface area (Å²) in [5.41, 5.74) is 2.57. The summed E-state index contributed by atoms with van der Waals surface area (Å²) in [6.45, 7) is 2.01. The number of aryl methyl sites for hydroxylation is 2. The van der Waals surface area contributed by atoms with Gasteiger partial charge in [0.1, 0.15) is 11.5 Å². The second kappa shape index (κ2) is 6.43. The Morgan fingerprint density at radius 2 is 1.95 bits per heavy atom. The molecule has 3 nitrogen and oxygen atoms in total. The van der Waals surface area contributed by atoms with Crippen LogP contribution in [0.15, 0.2) is 41.0 Å². The lowest BCUT2D eigenvalue weighted by atomic mass is 9.99. The van der Waals surface area contributed by atoms with Gasteiger partial charge in [0.15, 0.2) is 0 Å². The molecule has 1 unspecified atom stereocenters. The highest BCUT2D eigenvalue weighted by Crippen LogP contribution is 2.23. The molecular formula is C16H21NO2. The molecule has 0 fully saturated rings. The van der Waals surface area contributed by atoms with Crippen LogP contribution in [0.1, 0.15) is 29.3 Å². The maximum absolute atomic E-state index is 5.37. The number of methoxy groups -OCH3 is 1. The molecule has 0 aliphatic rings. The zero-order valence-corrected chi connectivity index (χ0v) is 11.8. The molecule has 0 aliphatic heterocycles. The molecule has 1 aromatic carbocycles. The minimum atomic E-state index is 0.334. The third-order valence-electron chi connectivity index (χ3n) is 3.50. The van der Waals surface area contributed by atoms with Crippen molar-refractivity contribution in [3.63, 3.8) is 0 Å². The summed E-state index contributed by atoms with van der Waals surface area (Å²) in [5.74, 6) is 1.90. The van der Waals surface area contributed by atoms with E-state index in [2.05, 4.69) is 17.4 Å². The highest BCUT2D eigenvalue weighted by Gasteiger charge is 2.13. The van der Waals surface area contributed by atoms with Crippen molar-refractivity contribution in [1.82, 2.24) is 5.32 Å². The average molecular weight is 259 g/mol. The van der Waals surface area contributed by atoms with Crippen molar-refractivity contribution >= 4 is 0 Å². The molecule has 0 bridgehead atoms. The van der Waals surface area contributed by atoms with Crippen molar-refractivity contribution in [3.8, 4) is 5.75 Å². The quantitative estimate of drug-likeness (QED) is 0.862. The van der Waals surface area contributed by atoms with E-state index in [9.17, 15) is 0 Å². The first-order valence-electron chi connectivity index (χ1n) is 6.58. The lowest BCUT2D eigenvalue weighted by molar-refractivity contribution is 0.414. The fourth-order valence-electron chi connectivity index (χ4n) is 2.31. The fourth-order valence-corrected chi connectivity index (χ4v) is 2.31. The van der Waals surface area contributed by atoms with E-state index in [1.165, 1.54) is 11.1 Å². The largest absolute Gasteiger partial charge is 0.497 e. The maximum Gasteiger partial charge on any atom is 0.118 e. The van der Waals surface area contributed by atoms with Crippen LogP contribution in [0.2, 0.25) is 0 Å². The number of rotatable bonds is 6. The number of ether oxygens (including phenoxy) is 1. The summed E-state index contributed by atoms with van der Waals surface area (Å²) < 4.78 is 10.5. The Kier molecular flexibility index (Phi) is 4.63. The Bertz CT molecular complexity index is 502. The van der Waals surface area contributed by atoms with Crippen LogP contribution in [0.25, 0.3) is 0 Å². The molecule has 1 N–H and O–H groups in total. The zero-order chi connectivity index (χ0) is 13.7. The number of hydrogen-bond donors (Lipinski definition) is 1. The van der Waals surface area contributed by atoms with Gasteiger partial charge < -0.3 is 14.5 Å². The first-order chi connectivity index (χ1) is 9.24. The first-order valence-corrected chi connectivity index (χ1v) is 6.58. The number of furan rings is 1. The van der Waals surface area contributed by atoms with Gasteiger partial charge in [0, 0.05) is 11.6 Å². The van der Waals surface area contributed by atoms with E-state index >= 15 is 0 Å². The SMILES string of the molecule is CNC(CCc1ccc(OC)cc1)c1ccoc1C. The number of benzene rings is 1. The number of hydrogen-bond acceptors (Lipinski definition) is 3. The Morgan fingerprint density at radius 1 is 1.21 bits per heavy atom. The van der Waals surface area contributed by atoms with Gasteiger partial charge in [-0.25, -0.2) is 0 Å². The van der Waals surface area contributed by atoms with E-state index in [0.717, 1.165) is 24.4 Å². The maximum atomic E-state index is 5.37. The van der Waals surface area contributed by atoms with Gasteiger partial charge in [0.2, 0.25) is 0 Å². The van der Waals surface area contributed by atoms with Crippen molar-refractivity contribution in [2.75, 3.05) is 14.2 Å². The second-order valence-electron chi connectivity index (χ2n) is 4.66. The summed E-state index contributed by atoms with van der Waals surface area (Å²) in [5, 5.41) is 3.35. The molecule has 19 heavy (non-hydrogen) atoms. The smallest absolute Gasteiger partial charge is 0.118 e. The average Bonchev–Trinajstić information content (AvgIpc) is 2.87. The van der Waals surface area contributed by atoms with Crippen molar-refractivity contribution < 1.29 is 9.15 Å². The van der Waals surface area contributed by atoms with Gasteiger partial charge in [0.25, 0.3) is 0 Å². The van der Waals surface area contributed by atoms with Crippen molar-refractivity contribution in [3.05, 3.63) is 53.5 Å². The fraction of sp³-hybridized carbons (Fsp3) is 0.375. The molecule has 102 valence electrons. The van der Waals surface area contributed by atoms with Crippen molar-refractivity contribution in [2.24, 2.45) is 0 Å². The van der Waals surface area contributed by atoms with Gasteiger partial charge in [-0.3, -0.25) is 0 Å². The lowest BCUT2D eigenvalue weighted by Gasteiger charge is -2.15. The van der Waals surface area contributed by atoms with Crippen LogP contribution in [0.4, 0.5) is 0 Å². The van der Waals surface area contributed by atoms with Crippen LogP contribution in [-0.2, 0) is 6.42 Å². The van der Waals surface area contributed by atoms with Gasteiger partial charge >= 0.3 is 0 Å². The third kappa shape index (κ3) is 3.38. The van der Waals surface area contributed by atoms with Crippen LogP contribution < -0.4 is 10.1 Å². The van der Waals surface area contributed by atoms with Crippen LogP contribution >= 0.6 is 0 Å². The van der Waals surface area contributed by atoms with Gasteiger partial charge in [-0.05, 0) is 50.6 Å². The molecule has 3 heteroatoms. The lowest BCUT2D eigenvalue weighted by Crippen LogP contribution is -2.17. The van der Waals surface area contributed by atoms with Gasteiger partial charge in [-0.1, -0.05) is 12.1 Å². The molecule has 0 saturated carbocycles. The summed E-state index contributed by atoms with van der Waals surface area (Å²) in [6.07, 6.45) is 3.83. The zero-order valence-electron chi connectivity index (χ0n) is 11.8. The first kappa shape index (κ1) is 13.7. The van der Waals surface area contributed by atoms with Gasteiger partial charge in [-0.15, -0.1) is 0 Å². The van der Waals surface area contributed by atoms with Crippen LogP contribution in [0, 0.1) is 6.92 Å². The molecular weight excluding hydrogens is 238 g/mol. The molecule has 2 rings (SSSR count). The summed E-state index contributed by atoms with van der Waals surface area (Å²) >= 11 is 0. The van der Waals surface area contributed by atoms with E-state index in [-0.39, 0.29) is 0 Å². The molecule has 1 aromatic heterocycles. The van der Waals surface area contributed by atoms with Gasteiger partial charge in [0.05, 0.1) is 13.4 Å². The molecule has 0 spiro atoms. The normalized spacial score (nSPS) is 12.4. The Hall–Kier alpha value is -1.74. The summed E-state index contributed by atoms with van der Waals surface area (Å²) in [7, 11) is 3.68. The molecule has 1 atom stereocenters. The third-order valence-corrected chi connectivity index (χ3v) is 3.50. The van der Waals surface area contributed by atoms with Crippen LogP contribution in [0.5, 0.6) is 5.75 Å². The van der Waals surface area contributed by atoms with Crippen molar-refractivity contribution in [2.45, 2.75) is 25.8 Å². The monoisotopic (exact) mass is 259 g/mol. The van der Waals surface area contributed by atoms with Crippen molar-refractivity contribution in [1.29, 1.82) is 0 Å². The van der Waals surface area contributed by atoms with E-state index in [1.807, 2.05) is 32.2 Å². The molecule has 0 saturated heterocycles. The van der Waals surface area contributed by atoms with E-state index < -0.39 is 0 Å². The highest BCUT2D eigenvalue weighted by atomic mass is 16.5. The van der Waals surface area contributed by atoms with Crippen LogP contribution in [-0.4, -0.2) is 14.2 Å². The minimum Gasteiger partial charge on any atom is -0.497 e. The Morgan fingerprint density at radius 3 is 2.47 bits per heavy atom. The molecule has 0 amide bonds. The standard InChI is InChI=1S/C16H21NO2/c1-12-15(10-11-19-12)16(17-2)9-6-13-4-7-14(18-3)8-5-13/h4-5,7-8,10-11,16-17H,6,9H2,1-3H3.